The first-order valence-electron chi connectivity index (χ1n) is 5.57. The molecule has 19 heavy (non-hydrogen) atoms. The number of benzene rings is 1. The Kier molecular flexibility index (Phi) is 4.55. The van der Waals surface area contributed by atoms with E-state index in [1.807, 2.05) is 32.0 Å². The molecule has 0 saturated heterocycles. The maximum Gasteiger partial charge on any atom is 0.329 e. The normalized spacial score (nSPS) is 10.3. The lowest BCUT2D eigenvalue weighted by molar-refractivity contribution is 0.303. The second-order valence-electron chi connectivity index (χ2n) is 3.64. The molecular formula is C12H11BrClN3O2. The fraction of sp³-hybridized carbons (Fsp3) is 0.250. The van der Waals surface area contributed by atoms with Crippen LogP contribution in [-0.2, 0) is 0 Å². The number of nitrogens with zero attached hydrogens (tertiary/aromatic N) is 3. The first-order valence-corrected chi connectivity index (χ1v) is 6.74. The van der Waals surface area contributed by atoms with Crippen LogP contribution in [0.5, 0.6) is 17.8 Å². The van der Waals surface area contributed by atoms with Crippen molar-refractivity contribution in [2.45, 2.75) is 13.8 Å². The Morgan fingerprint density at radius 2 is 1.95 bits per heavy atom. The van der Waals surface area contributed by atoms with Gasteiger partial charge in [0, 0.05) is 0 Å². The number of rotatable bonds is 4. The minimum Gasteiger partial charge on any atom is -0.464 e. The molecule has 0 aliphatic carbocycles. The summed E-state index contributed by atoms with van der Waals surface area (Å²) in [5, 5.41) is 0.0247. The number of aromatic nitrogens is 3. The van der Waals surface area contributed by atoms with Gasteiger partial charge in [-0.3, -0.25) is 0 Å². The van der Waals surface area contributed by atoms with Crippen LogP contribution in [0.15, 0.2) is 22.7 Å². The smallest absolute Gasteiger partial charge is 0.329 e. The summed E-state index contributed by atoms with van der Waals surface area (Å²) in [6, 6.07) is 5.90. The summed E-state index contributed by atoms with van der Waals surface area (Å²) in [6.07, 6.45) is 0. The summed E-state index contributed by atoms with van der Waals surface area (Å²) in [6.45, 7) is 4.25. The van der Waals surface area contributed by atoms with E-state index in [2.05, 4.69) is 30.9 Å². The predicted molar refractivity (Wildman–Crippen MR) is 75.0 cm³/mol. The molecule has 0 aliphatic rings. The molecule has 0 spiro atoms. The average Bonchev–Trinajstić information content (AvgIpc) is 2.32. The molecule has 2 aromatic rings. The van der Waals surface area contributed by atoms with Gasteiger partial charge < -0.3 is 9.47 Å². The molecule has 0 N–H and O–H groups in total. The zero-order chi connectivity index (χ0) is 13.8. The lowest BCUT2D eigenvalue weighted by Crippen LogP contribution is -2.01. The Bertz CT molecular complexity index is 595. The van der Waals surface area contributed by atoms with E-state index in [0.29, 0.717) is 12.4 Å². The van der Waals surface area contributed by atoms with Crippen LogP contribution in [0.3, 0.4) is 0 Å². The van der Waals surface area contributed by atoms with E-state index in [9.17, 15) is 0 Å². The van der Waals surface area contributed by atoms with Crippen LogP contribution in [0.25, 0.3) is 0 Å². The first-order chi connectivity index (χ1) is 9.08. The van der Waals surface area contributed by atoms with Crippen molar-refractivity contribution in [3.05, 3.63) is 33.5 Å². The molecule has 0 saturated carbocycles. The molecule has 0 aliphatic heterocycles. The van der Waals surface area contributed by atoms with Gasteiger partial charge in [-0.25, -0.2) is 0 Å². The van der Waals surface area contributed by atoms with Crippen molar-refractivity contribution in [1.29, 1.82) is 0 Å². The third-order valence-corrected chi connectivity index (χ3v) is 2.92. The minimum atomic E-state index is 0.0247. The molecule has 0 atom stereocenters. The average molecular weight is 345 g/mol. The molecule has 7 heteroatoms. The largest absolute Gasteiger partial charge is 0.464 e. The van der Waals surface area contributed by atoms with Crippen molar-refractivity contribution >= 4 is 27.5 Å². The SMILES string of the molecule is CCOc1nc(Cl)nc(Oc2ccc(C)cc2Br)n1. The zero-order valence-electron chi connectivity index (χ0n) is 10.4. The summed E-state index contributed by atoms with van der Waals surface area (Å²) in [7, 11) is 0. The van der Waals surface area contributed by atoms with Gasteiger partial charge >= 0.3 is 12.0 Å². The van der Waals surface area contributed by atoms with Crippen molar-refractivity contribution in [2.75, 3.05) is 6.61 Å². The molecule has 0 unspecified atom stereocenters. The van der Waals surface area contributed by atoms with Crippen LogP contribution in [0.4, 0.5) is 0 Å². The number of ether oxygens (including phenoxy) is 2. The summed E-state index contributed by atoms with van der Waals surface area (Å²) < 4.78 is 11.5. The molecule has 0 bridgehead atoms. The quantitative estimate of drug-likeness (QED) is 0.844. The highest BCUT2D eigenvalue weighted by Gasteiger charge is 2.10. The Morgan fingerprint density at radius 1 is 1.21 bits per heavy atom. The van der Waals surface area contributed by atoms with Crippen molar-refractivity contribution < 1.29 is 9.47 Å². The van der Waals surface area contributed by atoms with E-state index in [0.717, 1.165) is 10.0 Å². The summed E-state index contributed by atoms with van der Waals surface area (Å²) in [5.41, 5.74) is 1.11. The van der Waals surface area contributed by atoms with Crippen molar-refractivity contribution in [2.24, 2.45) is 0 Å². The van der Waals surface area contributed by atoms with Crippen LogP contribution in [0, 0.1) is 6.92 Å². The van der Waals surface area contributed by atoms with Crippen molar-refractivity contribution in [1.82, 2.24) is 15.0 Å². The van der Waals surface area contributed by atoms with Gasteiger partial charge in [0.1, 0.15) is 5.75 Å². The molecule has 0 amide bonds. The monoisotopic (exact) mass is 343 g/mol. The number of hydrogen-bond acceptors (Lipinski definition) is 5. The summed E-state index contributed by atoms with van der Waals surface area (Å²) in [5.74, 6) is 0.593. The molecule has 0 radical (unpaired) electrons. The zero-order valence-corrected chi connectivity index (χ0v) is 12.7. The Hall–Kier alpha value is -1.40. The van der Waals surface area contributed by atoms with Gasteiger partial charge in [-0.05, 0) is 59.1 Å². The maximum absolute atomic E-state index is 5.78. The number of aryl methyl sites for hydroxylation is 1. The van der Waals surface area contributed by atoms with E-state index in [4.69, 9.17) is 21.1 Å². The lowest BCUT2D eigenvalue weighted by Gasteiger charge is -2.08. The highest BCUT2D eigenvalue weighted by atomic mass is 79.9. The third kappa shape index (κ3) is 3.78. The molecule has 5 nitrogen and oxygen atoms in total. The number of halogens is 2. The van der Waals surface area contributed by atoms with Gasteiger partial charge in [-0.1, -0.05) is 6.07 Å². The highest BCUT2D eigenvalue weighted by molar-refractivity contribution is 9.10. The van der Waals surface area contributed by atoms with Crippen LogP contribution >= 0.6 is 27.5 Å². The lowest BCUT2D eigenvalue weighted by atomic mass is 10.2. The topological polar surface area (TPSA) is 57.1 Å². The van der Waals surface area contributed by atoms with Crippen LogP contribution in [0.1, 0.15) is 12.5 Å². The third-order valence-electron chi connectivity index (χ3n) is 2.13. The van der Waals surface area contributed by atoms with Crippen LogP contribution < -0.4 is 9.47 Å². The minimum absolute atomic E-state index is 0.0247. The van der Waals surface area contributed by atoms with Crippen LogP contribution in [-0.4, -0.2) is 21.6 Å². The molecule has 1 heterocycles. The molecule has 0 fully saturated rings. The Balaban J connectivity index is 2.27. The van der Waals surface area contributed by atoms with Gasteiger partial charge in [-0.15, -0.1) is 4.98 Å². The second kappa shape index (κ2) is 6.16. The maximum atomic E-state index is 5.78. The van der Waals surface area contributed by atoms with E-state index >= 15 is 0 Å². The second-order valence-corrected chi connectivity index (χ2v) is 4.83. The van der Waals surface area contributed by atoms with E-state index in [-0.39, 0.29) is 17.3 Å². The van der Waals surface area contributed by atoms with Crippen molar-refractivity contribution in [3.8, 4) is 17.8 Å². The van der Waals surface area contributed by atoms with Gasteiger partial charge in [-0.2, -0.15) is 9.97 Å². The fourth-order valence-corrected chi connectivity index (χ4v) is 2.06. The standard InChI is InChI=1S/C12H11BrClN3O2/c1-3-18-11-15-10(14)16-12(17-11)19-9-5-4-7(2)6-8(9)13/h4-6H,3H2,1-2H3. The molecule has 2 rings (SSSR count). The predicted octanol–water partition coefficient (Wildman–Crippen LogP) is 3.79. The fourth-order valence-electron chi connectivity index (χ4n) is 1.34. The Morgan fingerprint density at radius 3 is 2.63 bits per heavy atom. The van der Waals surface area contributed by atoms with E-state index < -0.39 is 0 Å². The first kappa shape index (κ1) is 14.0. The number of hydrogen-bond donors (Lipinski definition) is 0. The molecule has 1 aromatic carbocycles. The van der Waals surface area contributed by atoms with Gasteiger partial charge in [0.25, 0.3) is 0 Å². The highest BCUT2D eigenvalue weighted by Crippen LogP contribution is 2.29. The molecule has 100 valence electrons. The van der Waals surface area contributed by atoms with Gasteiger partial charge in [0.2, 0.25) is 5.28 Å². The Labute approximate surface area is 124 Å². The van der Waals surface area contributed by atoms with E-state index in [1.54, 1.807) is 0 Å². The van der Waals surface area contributed by atoms with Crippen molar-refractivity contribution in [3.63, 3.8) is 0 Å². The summed E-state index contributed by atoms with van der Waals surface area (Å²) in [4.78, 5) is 11.7. The summed E-state index contributed by atoms with van der Waals surface area (Å²) >= 11 is 9.19. The van der Waals surface area contributed by atoms with Gasteiger partial charge in [0.05, 0.1) is 11.1 Å². The molecular weight excluding hydrogens is 334 g/mol. The van der Waals surface area contributed by atoms with Crippen LogP contribution in [0.2, 0.25) is 5.28 Å². The van der Waals surface area contributed by atoms with E-state index in [1.165, 1.54) is 0 Å². The van der Waals surface area contributed by atoms with Gasteiger partial charge in [0.15, 0.2) is 0 Å². The molecule has 1 aromatic heterocycles.